The van der Waals surface area contributed by atoms with E-state index in [1.54, 1.807) is 13.8 Å². The van der Waals surface area contributed by atoms with E-state index in [4.69, 9.17) is 10.8 Å². The molecule has 0 aromatic carbocycles. The molecule has 17 heavy (non-hydrogen) atoms. The third-order valence-electron chi connectivity index (χ3n) is 3.06. The van der Waals surface area contributed by atoms with E-state index in [0.29, 0.717) is 12.8 Å². The minimum Gasteiger partial charge on any atom is -0.382 e. The van der Waals surface area contributed by atoms with Crippen LogP contribution in [-0.2, 0) is 4.79 Å². The fourth-order valence-electron chi connectivity index (χ4n) is 1.45. The maximum absolute atomic E-state index is 12.0. The highest BCUT2D eigenvalue weighted by molar-refractivity contribution is 5.82. The Morgan fingerprint density at radius 3 is 2.12 bits per heavy atom. The highest BCUT2D eigenvalue weighted by Gasteiger charge is 2.40. The van der Waals surface area contributed by atoms with Crippen molar-refractivity contribution in [2.24, 2.45) is 11.1 Å². The highest BCUT2D eigenvalue weighted by atomic mass is 19.4. The van der Waals surface area contributed by atoms with E-state index in [0.717, 1.165) is 0 Å². The van der Waals surface area contributed by atoms with Crippen molar-refractivity contribution in [3.8, 4) is 0 Å². The highest BCUT2D eigenvalue weighted by Crippen LogP contribution is 2.25. The van der Waals surface area contributed by atoms with E-state index in [-0.39, 0.29) is 6.54 Å². The van der Waals surface area contributed by atoms with Gasteiger partial charge in [0.25, 0.3) is 0 Å². The summed E-state index contributed by atoms with van der Waals surface area (Å²) in [6.45, 7) is 2.71. The van der Waals surface area contributed by atoms with Crippen LogP contribution in [0.5, 0.6) is 0 Å². The Balaban J connectivity index is 4.45. The molecule has 102 valence electrons. The summed E-state index contributed by atoms with van der Waals surface area (Å²) >= 11 is 0. The van der Waals surface area contributed by atoms with Gasteiger partial charge in [0.15, 0.2) is 6.10 Å². The van der Waals surface area contributed by atoms with Crippen LogP contribution in [0, 0.1) is 5.41 Å². The summed E-state index contributed by atoms with van der Waals surface area (Å²) < 4.78 is 36.0. The first-order valence-electron chi connectivity index (χ1n) is 5.46. The van der Waals surface area contributed by atoms with E-state index < -0.39 is 30.1 Å². The van der Waals surface area contributed by atoms with Crippen molar-refractivity contribution in [2.45, 2.75) is 39.0 Å². The Labute approximate surface area is 98.4 Å². The lowest BCUT2D eigenvalue weighted by Crippen LogP contribution is -2.49. The zero-order valence-electron chi connectivity index (χ0n) is 9.97. The van der Waals surface area contributed by atoms with Crippen molar-refractivity contribution in [3.63, 3.8) is 0 Å². The first kappa shape index (κ1) is 16.2. The SMILES string of the molecule is CCC(CC)(CN)C(=O)NCC(O)C(F)(F)F. The topological polar surface area (TPSA) is 75.4 Å². The van der Waals surface area contributed by atoms with Gasteiger partial charge in [-0.3, -0.25) is 4.79 Å². The van der Waals surface area contributed by atoms with Crippen molar-refractivity contribution in [1.29, 1.82) is 0 Å². The van der Waals surface area contributed by atoms with Gasteiger partial charge < -0.3 is 16.2 Å². The second-order valence-corrected chi connectivity index (χ2v) is 3.96. The van der Waals surface area contributed by atoms with Crippen LogP contribution in [0.3, 0.4) is 0 Å². The number of carbonyl (C=O) groups is 1. The zero-order chi connectivity index (χ0) is 13.7. The minimum atomic E-state index is -4.73. The maximum Gasteiger partial charge on any atom is 0.416 e. The average Bonchev–Trinajstić information content (AvgIpc) is 2.27. The van der Waals surface area contributed by atoms with Crippen LogP contribution in [0.25, 0.3) is 0 Å². The van der Waals surface area contributed by atoms with Gasteiger partial charge >= 0.3 is 6.18 Å². The average molecular weight is 256 g/mol. The molecule has 0 spiro atoms. The molecule has 0 aromatic heterocycles. The largest absolute Gasteiger partial charge is 0.416 e. The van der Waals surface area contributed by atoms with E-state index in [9.17, 15) is 18.0 Å². The molecule has 4 N–H and O–H groups in total. The van der Waals surface area contributed by atoms with Crippen molar-refractivity contribution in [2.75, 3.05) is 13.1 Å². The number of nitrogens with two attached hydrogens (primary N) is 1. The van der Waals surface area contributed by atoms with Crippen molar-refractivity contribution in [1.82, 2.24) is 5.32 Å². The third-order valence-corrected chi connectivity index (χ3v) is 3.06. The number of aliphatic hydroxyl groups excluding tert-OH is 1. The van der Waals surface area contributed by atoms with Crippen LogP contribution in [0.1, 0.15) is 26.7 Å². The summed E-state index contributed by atoms with van der Waals surface area (Å²) in [4.78, 5) is 11.7. The molecule has 0 rings (SSSR count). The molecule has 0 aliphatic heterocycles. The monoisotopic (exact) mass is 256 g/mol. The van der Waals surface area contributed by atoms with Crippen molar-refractivity contribution >= 4 is 5.91 Å². The first-order chi connectivity index (χ1) is 7.73. The molecule has 0 heterocycles. The number of hydrogen-bond donors (Lipinski definition) is 3. The van der Waals surface area contributed by atoms with Crippen LogP contribution >= 0.6 is 0 Å². The van der Waals surface area contributed by atoms with Gasteiger partial charge in [-0.1, -0.05) is 13.8 Å². The van der Waals surface area contributed by atoms with E-state index in [1.807, 2.05) is 0 Å². The minimum absolute atomic E-state index is 0.0634. The normalized spacial score (nSPS) is 14.5. The molecule has 0 fully saturated rings. The van der Waals surface area contributed by atoms with Gasteiger partial charge in [0.1, 0.15) is 0 Å². The molecule has 0 aliphatic rings. The number of alkyl halides is 3. The molecule has 0 saturated heterocycles. The van der Waals surface area contributed by atoms with Gasteiger partial charge in [0, 0.05) is 6.54 Å². The number of carbonyl (C=O) groups excluding carboxylic acids is 1. The van der Waals surface area contributed by atoms with Gasteiger partial charge in [-0.05, 0) is 12.8 Å². The van der Waals surface area contributed by atoms with Crippen LogP contribution < -0.4 is 11.1 Å². The molecule has 4 nitrogen and oxygen atoms in total. The summed E-state index contributed by atoms with van der Waals surface area (Å²) in [5.74, 6) is -0.548. The quantitative estimate of drug-likeness (QED) is 0.657. The fourth-order valence-corrected chi connectivity index (χ4v) is 1.45. The Bertz CT molecular complexity index is 244. The van der Waals surface area contributed by atoms with Crippen LogP contribution in [-0.4, -0.2) is 36.4 Å². The molecule has 0 radical (unpaired) electrons. The molecule has 0 bridgehead atoms. The summed E-state index contributed by atoms with van der Waals surface area (Å²) in [7, 11) is 0. The second-order valence-electron chi connectivity index (χ2n) is 3.96. The Hall–Kier alpha value is -0.820. The Kier molecular flexibility index (Phi) is 5.91. The van der Waals surface area contributed by atoms with Gasteiger partial charge in [0.05, 0.1) is 12.0 Å². The standard InChI is InChI=1S/C10H19F3N2O2/c1-3-9(4-2,6-14)8(17)15-5-7(16)10(11,12)13/h7,16H,3-6,14H2,1-2H3,(H,15,17). The molecule has 0 aliphatic carbocycles. The number of hydrogen-bond acceptors (Lipinski definition) is 3. The predicted octanol–water partition coefficient (Wildman–Crippen LogP) is 0.791. The van der Waals surface area contributed by atoms with E-state index >= 15 is 0 Å². The lowest BCUT2D eigenvalue weighted by molar-refractivity contribution is -0.202. The van der Waals surface area contributed by atoms with Crippen LogP contribution in [0.2, 0.25) is 0 Å². The van der Waals surface area contributed by atoms with Gasteiger partial charge in [-0.2, -0.15) is 13.2 Å². The predicted molar refractivity (Wildman–Crippen MR) is 57.1 cm³/mol. The molecule has 0 aromatic rings. The summed E-state index contributed by atoms with van der Waals surface area (Å²) in [6, 6.07) is 0. The van der Waals surface area contributed by atoms with E-state index in [1.165, 1.54) is 0 Å². The number of nitrogens with one attached hydrogen (secondary N) is 1. The molecule has 7 heteroatoms. The smallest absolute Gasteiger partial charge is 0.382 e. The Morgan fingerprint density at radius 2 is 1.82 bits per heavy atom. The molecular weight excluding hydrogens is 237 g/mol. The first-order valence-corrected chi connectivity index (χ1v) is 5.46. The molecule has 0 saturated carbocycles. The van der Waals surface area contributed by atoms with Gasteiger partial charge in [0.2, 0.25) is 5.91 Å². The lowest BCUT2D eigenvalue weighted by atomic mass is 9.81. The number of rotatable bonds is 6. The number of amides is 1. The third kappa shape index (κ3) is 4.16. The Morgan fingerprint density at radius 1 is 1.35 bits per heavy atom. The zero-order valence-corrected chi connectivity index (χ0v) is 9.97. The molecule has 1 unspecified atom stereocenters. The van der Waals surface area contributed by atoms with Crippen molar-refractivity contribution in [3.05, 3.63) is 0 Å². The molecule has 1 amide bonds. The summed E-state index contributed by atoms with van der Waals surface area (Å²) in [5, 5.41) is 10.8. The second kappa shape index (κ2) is 6.20. The lowest BCUT2D eigenvalue weighted by Gasteiger charge is -2.29. The van der Waals surface area contributed by atoms with Gasteiger partial charge in [-0.15, -0.1) is 0 Å². The summed E-state index contributed by atoms with van der Waals surface area (Å²) in [5.41, 5.74) is 4.62. The van der Waals surface area contributed by atoms with Crippen LogP contribution in [0.4, 0.5) is 13.2 Å². The maximum atomic E-state index is 12.0. The van der Waals surface area contributed by atoms with Crippen molar-refractivity contribution < 1.29 is 23.1 Å². The van der Waals surface area contributed by atoms with E-state index in [2.05, 4.69) is 5.32 Å². The molecule has 1 atom stereocenters. The number of halogens is 3. The number of aliphatic hydroxyl groups is 1. The molecular formula is C10H19F3N2O2. The fraction of sp³-hybridized carbons (Fsp3) is 0.900. The van der Waals surface area contributed by atoms with Gasteiger partial charge in [-0.25, -0.2) is 0 Å². The summed E-state index contributed by atoms with van der Waals surface area (Å²) in [6.07, 6.45) is -6.39. The van der Waals surface area contributed by atoms with Crippen LogP contribution in [0.15, 0.2) is 0 Å².